The Kier molecular flexibility index (Phi) is 4.72. The molecule has 0 aliphatic carbocycles. The van der Waals surface area contributed by atoms with Gasteiger partial charge in [-0.15, -0.1) is 0 Å². The molecule has 0 saturated carbocycles. The lowest BCUT2D eigenvalue weighted by molar-refractivity contribution is 1.27. The molecular formula is C46H27N3. The van der Waals surface area contributed by atoms with Gasteiger partial charge in [0.2, 0.25) is 0 Å². The molecule has 0 bridgehead atoms. The zero-order valence-corrected chi connectivity index (χ0v) is 26.4. The summed E-state index contributed by atoms with van der Waals surface area (Å²) in [6.07, 6.45) is 0. The maximum Gasteiger partial charge on any atom is 0.0782 e. The summed E-state index contributed by atoms with van der Waals surface area (Å²) < 4.78 is 5.07. The molecule has 4 aromatic heterocycles. The summed E-state index contributed by atoms with van der Waals surface area (Å²) in [5.41, 5.74) is 11.0. The highest BCUT2D eigenvalue weighted by Crippen LogP contribution is 2.51. The first-order valence-electron chi connectivity index (χ1n) is 17.0. The van der Waals surface area contributed by atoms with Crippen LogP contribution in [0.5, 0.6) is 0 Å². The first kappa shape index (κ1) is 25.5. The van der Waals surface area contributed by atoms with Gasteiger partial charge < -0.3 is 13.7 Å². The summed E-state index contributed by atoms with van der Waals surface area (Å²) in [4.78, 5) is 2.41. The van der Waals surface area contributed by atoms with E-state index in [2.05, 4.69) is 177 Å². The molecule has 0 amide bonds. The number of aromatic nitrogens is 2. The molecule has 0 unspecified atom stereocenters. The molecule has 0 N–H and O–H groups in total. The Balaban J connectivity index is 1.34. The van der Waals surface area contributed by atoms with Crippen LogP contribution in [0.25, 0.3) is 87.0 Å². The minimum Gasteiger partial charge on any atom is -0.308 e. The molecule has 4 heterocycles. The van der Waals surface area contributed by atoms with Gasteiger partial charge in [-0.2, -0.15) is 0 Å². The second kappa shape index (κ2) is 9.06. The van der Waals surface area contributed by atoms with Crippen LogP contribution in [0.2, 0.25) is 0 Å². The van der Waals surface area contributed by atoms with Gasteiger partial charge in [0.05, 0.1) is 38.8 Å². The molecule has 3 nitrogen and oxygen atoms in total. The van der Waals surface area contributed by atoms with E-state index in [1.54, 1.807) is 0 Å². The summed E-state index contributed by atoms with van der Waals surface area (Å²) in [6.45, 7) is 0. The van der Waals surface area contributed by atoms with E-state index in [0.29, 0.717) is 0 Å². The van der Waals surface area contributed by atoms with Crippen LogP contribution in [0, 0.1) is 0 Å². The molecule has 0 aliphatic rings. The third-order valence-corrected chi connectivity index (χ3v) is 10.9. The third-order valence-electron chi connectivity index (χ3n) is 10.9. The number of hydrogen-bond donors (Lipinski definition) is 0. The normalized spacial score (nSPS) is 12.5. The highest BCUT2D eigenvalue weighted by molar-refractivity contribution is 6.40. The number of hydrogen-bond acceptors (Lipinski definition) is 1. The maximum atomic E-state index is 2.57. The number of para-hydroxylation sites is 5. The number of fused-ring (bicyclic) bond motifs is 15. The van der Waals surface area contributed by atoms with Crippen molar-refractivity contribution in [3.05, 3.63) is 164 Å². The van der Waals surface area contributed by atoms with Gasteiger partial charge in [-0.3, -0.25) is 0 Å². The van der Waals surface area contributed by atoms with Gasteiger partial charge in [-0.25, -0.2) is 0 Å². The van der Waals surface area contributed by atoms with Crippen molar-refractivity contribution in [2.75, 3.05) is 4.90 Å². The molecule has 0 radical (unpaired) electrons. The minimum atomic E-state index is 1.13. The van der Waals surface area contributed by atoms with Crippen LogP contribution < -0.4 is 4.90 Å². The van der Waals surface area contributed by atoms with E-state index < -0.39 is 0 Å². The highest BCUT2D eigenvalue weighted by atomic mass is 15.2. The topological polar surface area (TPSA) is 12.1 Å². The fourth-order valence-electron chi connectivity index (χ4n) is 9.08. The molecular weight excluding hydrogens is 595 g/mol. The first-order chi connectivity index (χ1) is 24.4. The van der Waals surface area contributed by atoms with E-state index in [0.717, 1.165) is 17.1 Å². The van der Waals surface area contributed by atoms with Crippen molar-refractivity contribution < 1.29 is 0 Å². The standard InChI is InChI=1S/C46H27N3/c1-3-14-29(15-4-1)47(30-16-5-2-6-17-30)40-24-12-21-34-36-27-28-13-7-8-18-31(28)42-43-39(49(45(34)40)46(36)42)26-25-38-41(43)35-22-11-20-33-32-19-9-10-23-37(32)48(38)44(33)35/h1-27H. The predicted molar refractivity (Wildman–Crippen MR) is 208 cm³/mol. The quantitative estimate of drug-likeness (QED) is 0.191. The Labute approximate surface area is 280 Å². The van der Waals surface area contributed by atoms with E-state index >= 15 is 0 Å². The van der Waals surface area contributed by atoms with Gasteiger partial charge in [0.15, 0.2) is 0 Å². The lowest BCUT2D eigenvalue weighted by Crippen LogP contribution is -2.10. The van der Waals surface area contributed by atoms with E-state index in [4.69, 9.17) is 0 Å². The van der Waals surface area contributed by atoms with Crippen LogP contribution >= 0.6 is 0 Å². The molecule has 12 rings (SSSR count). The van der Waals surface area contributed by atoms with Crippen molar-refractivity contribution >= 4 is 104 Å². The van der Waals surface area contributed by atoms with Crippen molar-refractivity contribution in [2.45, 2.75) is 0 Å². The Hall–Kier alpha value is -6.58. The van der Waals surface area contributed by atoms with Gasteiger partial charge in [-0.05, 0) is 65.4 Å². The van der Waals surface area contributed by atoms with E-state index in [-0.39, 0.29) is 0 Å². The van der Waals surface area contributed by atoms with Crippen molar-refractivity contribution in [3.8, 4) is 0 Å². The minimum absolute atomic E-state index is 1.13. The summed E-state index contributed by atoms with van der Waals surface area (Å²) in [5, 5.41) is 13.0. The Morgan fingerprint density at radius 1 is 0.327 bits per heavy atom. The second-order valence-corrected chi connectivity index (χ2v) is 13.3. The molecule has 0 fully saturated rings. The largest absolute Gasteiger partial charge is 0.308 e. The van der Waals surface area contributed by atoms with Gasteiger partial charge in [0, 0.05) is 54.5 Å². The van der Waals surface area contributed by atoms with Gasteiger partial charge in [-0.1, -0.05) is 109 Å². The first-order valence-corrected chi connectivity index (χ1v) is 17.0. The molecule has 3 heteroatoms. The fraction of sp³-hybridized carbons (Fsp3) is 0. The summed E-state index contributed by atoms with van der Waals surface area (Å²) in [6, 6.07) is 60.1. The average Bonchev–Trinajstić information content (AvgIpc) is 3.89. The Morgan fingerprint density at radius 3 is 1.69 bits per heavy atom. The smallest absolute Gasteiger partial charge is 0.0782 e. The molecule has 8 aromatic carbocycles. The number of nitrogens with zero attached hydrogens (tertiary/aromatic N) is 3. The SMILES string of the molecule is c1ccc(N(c2ccccc2)c2cccc3c4cc5ccccc5c5c6c7c8cccc9c%10ccccc%10n(c7ccc6n(c23)c45)c98)cc1. The lowest BCUT2D eigenvalue weighted by Gasteiger charge is -2.26. The van der Waals surface area contributed by atoms with Crippen molar-refractivity contribution in [1.82, 2.24) is 8.80 Å². The molecule has 0 atom stereocenters. The van der Waals surface area contributed by atoms with Gasteiger partial charge >= 0.3 is 0 Å². The van der Waals surface area contributed by atoms with Crippen LogP contribution in [-0.4, -0.2) is 8.80 Å². The van der Waals surface area contributed by atoms with Crippen LogP contribution in [0.15, 0.2) is 164 Å². The molecule has 0 saturated heterocycles. The van der Waals surface area contributed by atoms with Gasteiger partial charge in [0.1, 0.15) is 0 Å². The highest BCUT2D eigenvalue weighted by Gasteiger charge is 2.27. The molecule has 226 valence electrons. The van der Waals surface area contributed by atoms with E-state index in [1.807, 2.05) is 0 Å². The maximum absolute atomic E-state index is 2.57. The van der Waals surface area contributed by atoms with E-state index in [1.165, 1.54) is 87.0 Å². The predicted octanol–water partition coefficient (Wildman–Crippen LogP) is 12.6. The van der Waals surface area contributed by atoms with Crippen LogP contribution in [0.4, 0.5) is 17.1 Å². The van der Waals surface area contributed by atoms with Crippen molar-refractivity contribution in [1.29, 1.82) is 0 Å². The van der Waals surface area contributed by atoms with Crippen LogP contribution in [0.1, 0.15) is 0 Å². The van der Waals surface area contributed by atoms with Crippen LogP contribution in [-0.2, 0) is 0 Å². The van der Waals surface area contributed by atoms with Crippen molar-refractivity contribution in [3.63, 3.8) is 0 Å². The third kappa shape index (κ3) is 3.09. The number of benzene rings is 8. The summed E-state index contributed by atoms with van der Waals surface area (Å²) >= 11 is 0. The molecule has 0 spiro atoms. The van der Waals surface area contributed by atoms with Crippen LogP contribution in [0.3, 0.4) is 0 Å². The van der Waals surface area contributed by atoms with Gasteiger partial charge in [0.25, 0.3) is 0 Å². The molecule has 0 aliphatic heterocycles. The Morgan fingerprint density at radius 2 is 0.918 bits per heavy atom. The van der Waals surface area contributed by atoms with Crippen molar-refractivity contribution in [2.24, 2.45) is 0 Å². The summed E-state index contributed by atoms with van der Waals surface area (Å²) in [5.74, 6) is 0. The van der Waals surface area contributed by atoms with E-state index in [9.17, 15) is 0 Å². The zero-order chi connectivity index (χ0) is 31.8. The average molecular weight is 622 g/mol. The Bertz CT molecular complexity index is 3220. The summed E-state index contributed by atoms with van der Waals surface area (Å²) in [7, 11) is 0. The molecule has 49 heavy (non-hydrogen) atoms. The molecule has 12 aromatic rings. The fourth-order valence-corrected chi connectivity index (χ4v) is 9.08. The zero-order valence-electron chi connectivity index (χ0n) is 26.4. The monoisotopic (exact) mass is 621 g/mol. The number of anilines is 3. The second-order valence-electron chi connectivity index (χ2n) is 13.3. The lowest BCUT2D eigenvalue weighted by atomic mass is 9.97. The number of rotatable bonds is 3.